The quantitative estimate of drug-likeness (QED) is 0.791. The molecule has 1 fully saturated rings. The fourth-order valence-electron chi connectivity index (χ4n) is 1.64. The van der Waals surface area contributed by atoms with Crippen LogP contribution in [-0.2, 0) is 0 Å². The fraction of sp³-hybridized carbons (Fsp3) is 0.417. The lowest BCUT2D eigenvalue weighted by Crippen LogP contribution is -2.30. The van der Waals surface area contributed by atoms with Crippen LogP contribution in [0, 0.1) is 13.8 Å². The van der Waals surface area contributed by atoms with E-state index in [0.29, 0.717) is 11.2 Å². The SMILES string of the molecule is Cc1cc(C)c(NC(=S)NC2CC2)c(Cl)c1. The first-order chi connectivity index (χ1) is 7.56. The molecule has 0 bridgehead atoms. The minimum absolute atomic E-state index is 0.560. The topological polar surface area (TPSA) is 24.1 Å². The van der Waals surface area contributed by atoms with Crippen LogP contribution >= 0.6 is 23.8 Å². The summed E-state index contributed by atoms with van der Waals surface area (Å²) in [5, 5.41) is 7.78. The predicted molar refractivity (Wildman–Crippen MR) is 73.3 cm³/mol. The van der Waals surface area contributed by atoms with Crippen LogP contribution in [0.4, 0.5) is 5.69 Å². The third-order valence-electron chi connectivity index (χ3n) is 2.58. The molecule has 2 rings (SSSR count). The second-order valence-electron chi connectivity index (χ2n) is 4.31. The molecule has 2 nitrogen and oxygen atoms in total. The molecule has 0 spiro atoms. The van der Waals surface area contributed by atoms with Gasteiger partial charge in [0.25, 0.3) is 0 Å². The molecule has 1 aromatic rings. The zero-order chi connectivity index (χ0) is 11.7. The summed E-state index contributed by atoms with van der Waals surface area (Å²) < 4.78 is 0. The highest BCUT2D eigenvalue weighted by Crippen LogP contribution is 2.27. The van der Waals surface area contributed by atoms with Gasteiger partial charge in [0.2, 0.25) is 0 Å². The Balaban J connectivity index is 2.10. The van der Waals surface area contributed by atoms with Gasteiger partial charge in [-0.05, 0) is 56.1 Å². The standard InChI is InChI=1S/C12H15ClN2S/c1-7-5-8(2)11(10(13)6-7)15-12(16)14-9-3-4-9/h5-6,9H,3-4H2,1-2H3,(H2,14,15,16). The van der Waals surface area contributed by atoms with E-state index in [1.54, 1.807) is 0 Å². The number of rotatable bonds is 2. The number of hydrogen-bond acceptors (Lipinski definition) is 1. The van der Waals surface area contributed by atoms with Gasteiger partial charge in [-0.25, -0.2) is 0 Å². The van der Waals surface area contributed by atoms with E-state index in [9.17, 15) is 0 Å². The molecule has 0 heterocycles. The zero-order valence-electron chi connectivity index (χ0n) is 9.43. The third kappa shape index (κ3) is 2.86. The van der Waals surface area contributed by atoms with E-state index < -0.39 is 0 Å². The van der Waals surface area contributed by atoms with Gasteiger partial charge in [-0.3, -0.25) is 0 Å². The van der Waals surface area contributed by atoms with E-state index in [1.807, 2.05) is 19.9 Å². The van der Waals surface area contributed by atoms with Gasteiger partial charge in [-0.2, -0.15) is 0 Å². The number of thiocarbonyl (C=S) groups is 1. The monoisotopic (exact) mass is 254 g/mol. The van der Waals surface area contributed by atoms with Gasteiger partial charge in [-0.15, -0.1) is 0 Å². The molecule has 4 heteroatoms. The molecule has 1 saturated carbocycles. The van der Waals surface area contributed by atoms with Crippen LogP contribution in [0.2, 0.25) is 5.02 Å². The van der Waals surface area contributed by atoms with Crippen molar-refractivity contribution >= 4 is 34.6 Å². The van der Waals surface area contributed by atoms with Crippen molar-refractivity contribution in [1.82, 2.24) is 5.32 Å². The normalized spacial score (nSPS) is 14.7. The second kappa shape index (κ2) is 4.60. The smallest absolute Gasteiger partial charge is 0.171 e. The van der Waals surface area contributed by atoms with Crippen molar-refractivity contribution in [3.05, 3.63) is 28.3 Å². The number of benzene rings is 1. The molecule has 2 N–H and O–H groups in total. The molecule has 16 heavy (non-hydrogen) atoms. The first-order valence-electron chi connectivity index (χ1n) is 5.40. The van der Waals surface area contributed by atoms with Crippen molar-refractivity contribution in [2.75, 3.05) is 5.32 Å². The summed E-state index contributed by atoms with van der Waals surface area (Å²) >= 11 is 11.4. The molecule has 0 saturated heterocycles. The Hall–Kier alpha value is -0.800. The largest absolute Gasteiger partial charge is 0.360 e. The Labute approximate surface area is 106 Å². The molecule has 0 unspecified atom stereocenters. The average Bonchev–Trinajstić information content (AvgIpc) is 2.95. The molecule has 0 aliphatic heterocycles. The average molecular weight is 255 g/mol. The Kier molecular flexibility index (Phi) is 3.36. The van der Waals surface area contributed by atoms with E-state index in [1.165, 1.54) is 12.8 Å². The van der Waals surface area contributed by atoms with Crippen molar-refractivity contribution in [1.29, 1.82) is 0 Å². The number of hydrogen-bond donors (Lipinski definition) is 2. The minimum Gasteiger partial charge on any atom is -0.360 e. The summed E-state index contributed by atoms with van der Waals surface area (Å²) in [4.78, 5) is 0. The van der Waals surface area contributed by atoms with Crippen LogP contribution in [0.1, 0.15) is 24.0 Å². The summed E-state index contributed by atoms with van der Waals surface area (Å²) in [5.74, 6) is 0. The van der Waals surface area contributed by atoms with E-state index in [-0.39, 0.29) is 0 Å². The maximum atomic E-state index is 6.18. The molecule has 0 radical (unpaired) electrons. The van der Waals surface area contributed by atoms with Gasteiger partial charge in [0.15, 0.2) is 5.11 Å². The van der Waals surface area contributed by atoms with Crippen LogP contribution < -0.4 is 10.6 Å². The summed E-state index contributed by atoms with van der Waals surface area (Å²) in [6.07, 6.45) is 2.42. The lowest BCUT2D eigenvalue weighted by Gasteiger charge is -2.14. The summed E-state index contributed by atoms with van der Waals surface area (Å²) in [5.41, 5.74) is 3.18. The van der Waals surface area contributed by atoms with Crippen molar-refractivity contribution < 1.29 is 0 Å². The van der Waals surface area contributed by atoms with E-state index in [2.05, 4.69) is 16.7 Å². The molecule has 86 valence electrons. The summed E-state index contributed by atoms with van der Waals surface area (Å²) in [6.45, 7) is 4.06. The highest BCUT2D eigenvalue weighted by Gasteiger charge is 2.22. The Bertz CT molecular complexity index is 404. The van der Waals surface area contributed by atoms with Crippen molar-refractivity contribution in [3.63, 3.8) is 0 Å². The van der Waals surface area contributed by atoms with Crippen molar-refractivity contribution in [3.8, 4) is 0 Å². The molecular formula is C12H15ClN2S. The first kappa shape index (κ1) is 11.7. The first-order valence-corrected chi connectivity index (χ1v) is 6.19. The maximum absolute atomic E-state index is 6.18. The third-order valence-corrected chi connectivity index (χ3v) is 3.10. The Morgan fingerprint density at radius 2 is 2.06 bits per heavy atom. The summed E-state index contributed by atoms with van der Waals surface area (Å²) in [6, 6.07) is 4.59. The van der Waals surface area contributed by atoms with Crippen LogP contribution in [0.25, 0.3) is 0 Å². The lowest BCUT2D eigenvalue weighted by atomic mass is 10.1. The van der Waals surface area contributed by atoms with Gasteiger partial charge in [0, 0.05) is 6.04 Å². The van der Waals surface area contributed by atoms with Crippen LogP contribution in [0.3, 0.4) is 0 Å². The Morgan fingerprint density at radius 3 is 2.62 bits per heavy atom. The molecule has 0 atom stereocenters. The van der Waals surface area contributed by atoms with Gasteiger partial charge in [-0.1, -0.05) is 17.7 Å². The molecule has 1 aromatic carbocycles. The van der Waals surface area contributed by atoms with E-state index in [0.717, 1.165) is 21.8 Å². The van der Waals surface area contributed by atoms with E-state index in [4.69, 9.17) is 23.8 Å². The number of aryl methyl sites for hydroxylation is 2. The second-order valence-corrected chi connectivity index (χ2v) is 5.13. The number of nitrogens with one attached hydrogen (secondary N) is 2. The van der Waals surface area contributed by atoms with Crippen LogP contribution in [-0.4, -0.2) is 11.2 Å². The highest BCUT2D eigenvalue weighted by molar-refractivity contribution is 7.80. The zero-order valence-corrected chi connectivity index (χ0v) is 11.0. The highest BCUT2D eigenvalue weighted by atomic mass is 35.5. The molecule has 1 aliphatic carbocycles. The molecule has 1 aliphatic rings. The number of halogens is 1. The van der Waals surface area contributed by atoms with Gasteiger partial charge in [0.05, 0.1) is 10.7 Å². The van der Waals surface area contributed by atoms with Crippen molar-refractivity contribution in [2.24, 2.45) is 0 Å². The molecular weight excluding hydrogens is 240 g/mol. The van der Waals surface area contributed by atoms with Crippen LogP contribution in [0.5, 0.6) is 0 Å². The fourth-order valence-corrected chi connectivity index (χ4v) is 2.27. The minimum atomic E-state index is 0.560. The van der Waals surface area contributed by atoms with Gasteiger partial charge >= 0.3 is 0 Å². The Morgan fingerprint density at radius 1 is 1.38 bits per heavy atom. The summed E-state index contributed by atoms with van der Waals surface area (Å²) in [7, 11) is 0. The maximum Gasteiger partial charge on any atom is 0.171 e. The van der Waals surface area contributed by atoms with Gasteiger partial charge in [0.1, 0.15) is 0 Å². The molecule has 0 aromatic heterocycles. The number of anilines is 1. The lowest BCUT2D eigenvalue weighted by molar-refractivity contribution is 0.919. The molecule has 0 amide bonds. The van der Waals surface area contributed by atoms with E-state index >= 15 is 0 Å². The predicted octanol–water partition coefficient (Wildman–Crippen LogP) is 3.41. The van der Waals surface area contributed by atoms with Crippen LogP contribution in [0.15, 0.2) is 12.1 Å². The van der Waals surface area contributed by atoms with Crippen molar-refractivity contribution in [2.45, 2.75) is 32.7 Å². The van der Waals surface area contributed by atoms with Gasteiger partial charge < -0.3 is 10.6 Å².